The maximum Gasteiger partial charge on any atom is 0.191 e. The summed E-state index contributed by atoms with van der Waals surface area (Å²) in [7, 11) is 1.82. The first-order valence-corrected chi connectivity index (χ1v) is 10.0. The molecule has 5 nitrogen and oxygen atoms in total. The molecule has 0 bridgehead atoms. The third-order valence-electron chi connectivity index (χ3n) is 4.57. The maximum atomic E-state index is 5.72. The number of rotatable bonds is 6. The Morgan fingerprint density at radius 3 is 2.81 bits per heavy atom. The van der Waals surface area contributed by atoms with Gasteiger partial charge in [-0.15, -0.1) is 11.3 Å². The second-order valence-electron chi connectivity index (χ2n) is 6.50. The number of morpholine rings is 1. The van der Waals surface area contributed by atoms with Crippen LogP contribution in [0.5, 0.6) is 0 Å². The first-order chi connectivity index (χ1) is 12.8. The molecule has 1 fully saturated rings. The molecule has 2 N–H and O–H groups in total. The number of guanidine groups is 1. The molecule has 2 unspecified atom stereocenters. The zero-order valence-electron chi connectivity index (χ0n) is 15.5. The zero-order valence-corrected chi connectivity index (χ0v) is 16.3. The standard InChI is InChI=1S/C20H28N4OS/c1-16-15-24(10-11-25-16)18(19-9-6-12-26-19)14-23-20(21-2)22-13-17-7-4-3-5-8-17/h3-9,12,16,18H,10-11,13-15H2,1-2H3,(H2,21,22,23). The van der Waals surface area contributed by atoms with Crippen molar-refractivity contribution in [3.8, 4) is 0 Å². The average Bonchev–Trinajstić information content (AvgIpc) is 3.20. The number of hydrogen-bond donors (Lipinski definition) is 2. The van der Waals surface area contributed by atoms with Gasteiger partial charge in [-0.05, 0) is 23.9 Å². The zero-order chi connectivity index (χ0) is 18.2. The fourth-order valence-electron chi connectivity index (χ4n) is 3.21. The molecule has 1 aliphatic rings. The smallest absolute Gasteiger partial charge is 0.191 e. The Bertz CT molecular complexity index is 674. The summed E-state index contributed by atoms with van der Waals surface area (Å²) in [5.74, 6) is 0.830. The van der Waals surface area contributed by atoms with Crippen molar-refractivity contribution in [1.29, 1.82) is 0 Å². The Labute approximate surface area is 160 Å². The fourth-order valence-corrected chi connectivity index (χ4v) is 4.08. The van der Waals surface area contributed by atoms with Crippen molar-refractivity contribution in [3.63, 3.8) is 0 Å². The first-order valence-electron chi connectivity index (χ1n) is 9.13. The highest BCUT2D eigenvalue weighted by Crippen LogP contribution is 2.26. The summed E-state index contributed by atoms with van der Waals surface area (Å²) in [5.41, 5.74) is 1.24. The van der Waals surface area contributed by atoms with Crippen LogP contribution in [0, 0.1) is 0 Å². The molecule has 0 amide bonds. The fraction of sp³-hybridized carbons (Fsp3) is 0.450. The van der Waals surface area contributed by atoms with Gasteiger partial charge in [0.15, 0.2) is 5.96 Å². The largest absolute Gasteiger partial charge is 0.376 e. The highest BCUT2D eigenvalue weighted by Gasteiger charge is 2.26. The van der Waals surface area contributed by atoms with Crippen molar-refractivity contribution in [2.24, 2.45) is 4.99 Å². The maximum absolute atomic E-state index is 5.72. The molecule has 2 aromatic rings. The second-order valence-corrected chi connectivity index (χ2v) is 7.48. The summed E-state index contributed by atoms with van der Waals surface area (Å²) in [6, 6.07) is 15.0. The highest BCUT2D eigenvalue weighted by atomic mass is 32.1. The van der Waals surface area contributed by atoms with Crippen LogP contribution in [-0.4, -0.2) is 50.3 Å². The molecular weight excluding hydrogens is 344 g/mol. The summed E-state index contributed by atoms with van der Waals surface area (Å²) in [4.78, 5) is 8.26. The van der Waals surface area contributed by atoms with Crippen LogP contribution in [0.1, 0.15) is 23.4 Å². The van der Waals surface area contributed by atoms with Gasteiger partial charge in [-0.1, -0.05) is 36.4 Å². The lowest BCUT2D eigenvalue weighted by atomic mass is 10.1. The van der Waals surface area contributed by atoms with Gasteiger partial charge >= 0.3 is 0 Å². The molecule has 2 heterocycles. The lowest BCUT2D eigenvalue weighted by Gasteiger charge is -2.37. The van der Waals surface area contributed by atoms with E-state index in [0.717, 1.165) is 38.7 Å². The van der Waals surface area contributed by atoms with Crippen molar-refractivity contribution in [3.05, 3.63) is 58.3 Å². The van der Waals surface area contributed by atoms with Crippen LogP contribution in [0.4, 0.5) is 0 Å². The van der Waals surface area contributed by atoms with Crippen LogP contribution in [0.25, 0.3) is 0 Å². The van der Waals surface area contributed by atoms with Gasteiger partial charge in [0.25, 0.3) is 0 Å². The van der Waals surface area contributed by atoms with Gasteiger partial charge in [0.05, 0.1) is 18.8 Å². The SMILES string of the molecule is CN=C(NCc1ccccc1)NCC(c1cccs1)N1CCOC(C)C1. The predicted molar refractivity (Wildman–Crippen MR) is 109 cm³/mol. The summed E-state index contributed by atoms with van der Waals surface area (Å²) < 4.78 is 5.72. The van der Waals surface area contributed by atoms with E-state index in [9.17, 15) is 0 Å². The molecule has 26 heavy (non-hydrogen) atoms. The van der Waals surface area contributed by atoms with Crippen LogP contribution in [0.2, 0.25) is 0 Å². The second kappa shape index (κ2) is 9.71. The van der Waals surface area contributed by atoms with Gasteiger partial charge < -0.3 is 15.4 Å². The van der Waals surface area contributed by atoms with E-state index in [4.69, 9.17) is 4.74 Å². The molecule has 3 rings (SSSR count). The molecule has 1 aliphatic heterocycles. The molecule has 0 saturated carbocycles. The minimum atomic E-state index is 0.279. The van der Waals surface area contributed by atoms with E-state index in [1.165, 1.54) is 10.4 Å². The molecule has 0 spiro atoms. The van der Waals surface area contributed by atoms with E-state index < -0.39 is 0 Å². The molecule has 140 valence electrons. The van der Waals surface area contributed by atoms with Crippen molar-refractivity contribution >= 4 is 17.3 Å². The Morgan fingerprint density at radius 2 is 2.12 bits per heavy atom. The van der Waals surface area contributed by atoms with Crippen LogP contribution < -0.4 is 10.6 Å². The van der Waals surface area contributed by atoms with Gasteiger partial charge in [0, 0.05) is 38.1 Å². The number of thiophene rings is 1. The minimum Gasteiger partial charge on any atom is -0.376 e. The molecule has 0 radical (unpaired) electrons. The minimum absolute atomic E-state index is 0.279. The number of ether oxygens (including phenoxy) is 1. The van der Waals surface area contributed by atoms with Gasteiger partial charge in [-0.3, -0.25) is 9.89 Å². The summed E-state index contributed by atoms with van der Waals surface area (Å²) in [5, 5.41) is 9.05. The Hall–Kier alpha value is -1.89. The van der Waals surface area contributed by atoms with E-state index >= 15 is 0 Å². The average molecular weight is 373 g/mol. The summed E-state index contributed by atoms with van der Waals surface area (Å²) >= 11 is 1.81. The van der Waals surface area contributed by atoms with E-state index in [2.05, 4.69) is 69.2 Å². The Kier molecular flexibility index (Phi) is 7.05. The molecule has 1 aromatic heterocycles. The van der Waals surface area contributed by atoms with Crippen LogP contribution in [-0.2, 0) is 11.3 Å². The topological polar surface area (TPSA) is 48.9 Å². The lowest BCUT2D eigenvalue weighted by molar-refractivity contribution is -0.0334. The Morgan fingerprint density at radius 1 is 1.27 bits per heavy atom. The van der Waals surface area contributed by atoms with Crippen molar-refractivity contribution in [2.45, 2.75) is 25.6 Å². The van der Waals surface area contributed by atoms with Gasteiger partial charge in [0.1, 0.15) is 0 Å². The Balaban J connectivity index is 1.59. The van der Waals surface area contributed by atoms with E-state index in [-0.39, 0.29) is 6.10 Å². The normalized spacial score (nSPS) is 19.9. The van der Waals surface area contributed by atoms with Crippen molar-refractivity contribution in [2.75, 3.05) is 33.3 Å². The molecular formula is C20H28N4OS. The number of aliphatic imine (C=N–C) groups is 1. The first kappa shape index (κ1) is 18.9. The number of hydrogen-bond acceptors (Lipinski definition) is 4. The lowest BCUT2D eigenvalue weighted by Crippen LogP contribution is -2.47. The monoisotopic (exact) mass is 372 g/mol. The van der Waals surface area contributed by atoms with Gasteiger partial charge in [0.2, 0.25) is 0 Å². The molecule has 0 aliphatic carbocycles. The summed E-state index contributed by atoms with van der Waals surface area (Å²) in [6.45, 7) is 6.45. The number of nitrogens with zero attached hydrogens (tertiary/aromatic N) is 2. The van der Waals surface area contributed by atoms with Gasteiger partial charge in [-0.25, -0.2) is 0 Å². The van der Waals surface area contributed by atoms with Crippen LogP contribution in [0.3, 0.4) is 0 Å². The summed E-state index contributed by atoms with van der Waals surface area (Å²) in [6.07, 6.45) is 0.279. The van der Waals surface area contributed by atoms with E-state index in [1.807, 2.05) is 24.5 Å². The van der Waals surface area contributed by atoms with Crippen LogP contribution in [0.15, 0.2) is 52.8 Å². The van der Waals surface area contributed by atoms with Crippen molar-refractivity contribution in [1.82, 2.24) is 15.5 Å². The predicted octanol–water partition coefficient (Wildman–Crippen LogP) is 2.88. The molecule has 2 atom stereocenters. The number of nitrogens with one attached hydrogen (secondary N) is 2. The van der Waals surface area contributed by atoms with E-state index in [0.29, 0.717) is 6.04 Å². The van der Waals surface area contributed by atoms with Gasteiger partial charge in [-0.2, -0.15) is 0 Å². The molecule has 1 saturated heterocycles. The third-order valence-corrected chi connectivity index (χ3v) is 5.55. The number of benzene rings is 1. The quantitative estimate of drug-likeness (QED) is 0.605. The highest BCUT2D eigenvalue weighted by molar-refractivity contribution is 7.10. The van der Waals surface area contributed by atoms with E-state index in [1.54, 1.807) is 0 Å². The third kappa shape index (κ3) is 5.30. The molecule has 6 heteroatoms. The molecule has 1 aromatic carbocycles. The van der Waals surface area contributed by atoms with Crippen LogP contribution >= 0.6 is 11.3 Å². The van der Waals surface area contributed by atoms with Crippen molar-refractivity contribution < 1.29 is 4.74 Å².